The minimum absolute atomic E-state index is 0.124. The smallest absolute Gasteiger partial charge is 0.298 e. The van der Waals surface area contributed by atoms with Gasteiger partial charge in [-0.15, -0.1) is 0 Å². The van der Waals surface area contributed by atoms with Crippen LogP contribution in [0.3, 0.4) is 0 Å². The molecule has 0 radical (unpaired) electrons. The van der Waals surface area contributed by atoms with Crippen LogP contribution in [0.5, 0.6) is 0 Å². The Labute approximate surface area is 195 Å². The van der Waals surface area contributed by atoms with Crippen LogP contribution < -0.4 is 10.2 Å². The number of oxazole rings is 1. The van der Waals surface area contributed by atoms with E-state index in [9.17, 15) is 4.79 Å². The first kappa shape index (κ1) is 23.0. The minimum atomic E-state index is -0.124. The lowest BCUT2D eigenvalue weighted by atomic mass is 9.84. The molecule has 0 saturated heterocycles. The third-order valence-electron chi connectivity index (χ3n) is 6.45. The summed E-state index contributed by atoms with van der Waals surface area (Å²) >= 11 is 0. The summed E-state index contributed by atoms with van der Waals surface area (Å²) in [5, 5.41) is 10.7. The van der Waals surface area contributed by atoms with Crippen molar-refractivity contribution in [3.8, 4) is 0 Å². The molecule has 6 nitrogen and oxygen atoms in total. The van der Waals surface area contributed by atoms with E-state index in [1.807, 2.05) is 49.2 Å². The maximum absolute atomic E-state index is 12.8. The average Bonchev–Trinajstić information content (AvgIpc) is 3.23. The fourth-order valence-electron chi connectivity index (χ4n) is 4.83. The molecule has 1 aliphatic rings. The summed E-state index contributed by atoms with van der Waals surface area (Å²) < 4.78 is 5.90. The zero-order valence-corrected chi connectivity index (χ0v) is 19.9. The number of aromatic nitrogens is 1. The van der Waals surface area contributed by atoms with Crippen LogP contribution in [0, 0.1) is 11.3 Å². The number of amides is 1. The fourth-order valence-corrected chi connectivity index (χ4v) is 4.83. The molecule has 1 heterocycles. The van der Waals surface area contributed by atoms with E-state index in [0.717, 1.165) is 13.0 Å². The summed E-state index contributed by atoms with van der Waals surface area (Å²) in [5.41, 5.74) is 4.76. The van der Waals surface area contributed by atoms with Crippen LogP contribution in [-0.4, -0.2) is 30.2 Å². The number of anilines is 2. The lowest BCUT2D eigenvalue weighted by molar-refractivity contribution is 0.102. The van der Waals surface area contributed by atoms with Crippen molar-refractivity contribution in [2.24, 2.45) is 5.92 Å². The lowest BCUT2D eigenvalue weighted by Gasteiger charge is -2.22. The first-order chi connectivity index (χ1) is 15.9. The Morgan fingerprint density at radius 1 is 1.18 bits per heavy atom. The average molecular weight is 447 g/mol. The number of fused-ring (bicyclic) bond motifs is 1. The fraction of sp³-hybridized carbons (Fsp3) is 0.444. The number of nitrogens with one attached hydrogen (secondary N) is 2. The molecule has 6 heteroatoms. The van der Waals surface area contributed by atoms with Gasteiger partial charge in [0.05, 0.1) is 0 Å². The number of hydrogen-bond acceptors (Lipinski definition) is 5. The standard InChI is InChI=1S/C27H34N4O2/c1-18(15-19(2)28)17-31(3)27-30-24-16-23(13-14-25(24)33-27)29-26(32)22-11-9-21(10-12-22)20-7-5-4-6-8-20/h9-14,16,18,20,28H,4-8,15,17H2,1-3H3,(H,29,32). The summed E-state index contributed by atoms with van der Waals surface area (Å²) in [6.07, 6.45) is 7.20. The molecule has 2 aromatic carbocycles. The molecule has 0 spiro atoms. The van der Waals surface area contributed by atoms with Gasteiger partial charge in [0.15, 0.2) is 5.58 Å². The first-order valence-corrected chi connectivity index (χ1v) is 12.0. The highest BCUT2D eigenvalue weighted by Gasteiger charge is 2.17. The molecule has 0 aliphatic heterocycles. The highest BCUT2D eigenvalue weighted by atomic mass is 16.4. The monoisotopic (exact) mass is 446 g/mol. The summed E-state index contributed by atoms with van der Waals surface area (Å²) in [6, 6.07) is 14.1. The quantitative estimate of drug-likeness (QED) is 0.380. The van der Waals surface area contributed by atoms with Gasteiger partial charge in [-0.3, -0.25) is 4.79 Å². The van der Waals surface area contributed by atoms with Gasteiger partial charge in [-0.05, 0) is 73.9 Å². The molecule has 174 valence electrons. The van der Waals surface area contributed by atoms with Crippen LogP contribution in [0.25, 0.3) is 11.1 Å². The molecule has 2 N–H and O–H groups in total. The predicted octanol–water partition coefficient (Wildman–Crippen LogP) is 6.63. The maximum atomic E-state index is 12.8. The van der Waals surface area contributed by atoms with Crippen molar-refractivity contribution in [3.63, 3.8) is 0 Å². The first-order valence-electron chi connectivity index (χ1n) is 12.0. The molecule has 4 rings (SSSR count). The van der Waals surface area contributed by atoms with Gasteiger partial charge in [-0.2, -0.15) is 4.98 Å². The normalized spacial score (nSPS) is 15.4. The summed E-state index contributed by atoms with van der Waals surface area (Å²) in [5.74, 6) is 0.845. The molecule has 0 bridgehead atoms. The summed E-state index contributed by atoms with van der Waals surface area (Å²) in [7, 11) is 1.94. The second-order valence-electron chi connectivity index (χ2n) is 9.56. The van der Waals surface area contributed by atoms with Gasteiger partial charge in [0.1, 0.15) is 5.52 Å². The van der Waals surface area contributed by atoms with E-state index in [1.165, 1.54) is 37.7 Å². The Kier molecular flexibility index (Phi) is 7.11. The van der Waals surface area contributed by atoms with Gasteiger partial charge in [0.2, 0.25) is 0 Å². The SMILES string of the molecule is CC(=N)CC(C)CN(C)c1nc2cc(NC(=O)c3ccc(C4CCCCC4)cc3)ccc2o1. The van der Waals surface area contributed by atoms with Gasteiger partial charge in [0.25, 0.3) is 11.9 Å². The zero-order chi connectivity index (χ0) is 23.4. The van der Waals surface area contributed by atoms with Crippen LogP contribution in [0.1, 0.15) is 74.2 Å². The van der Waals surface area contributed by atoms with E-state index in [-0.39, 0.29) is 5.91 Å². The van der Waals surface area contributed by atoms with Gasteiger partial charge in [0, 0.05) is 30.6 Å². The van der Waals surface area contributed by atoms with Crippen LogP contribution in [0.15, 0.2) is 46.9 Å². The Morgan fingerprint density at radius 2 is 1.91 bits per heavy atom. The van der Waals surface area contributed by atoms with Crippen LogP contribution in [0.4, 0.5) is 11.7 Å². The predicted molar refractivity (Wildman–Crippen MR) is 135 cm³/mol. The Morgan fingerprint density at radius 3 is 2.61 bits per heavy atom. The van der Waals surface area contributed by atoms with E-state index in [1.54, 1.807) is 0 Å². The molecular weight excluding hydrogens is 412 g/mol. The lowest BCUT2D eigenvalue weighted by Crippen LogP contribution is -2.25. The van der Waals surface area contributed by atoms with E-state index >= 15 is 0 Å². The van der Waals surface area contributed by atoms with Crippen LogP contribution in [-0.2, 0) is 0 Å². The number of carbonyl (C=O) groups excluding carboxylic acids is 1. The maximum Gasteiger partial charge on any atom is 0.298 e. The number of rotatable bonds is 8. The molecule has 1 fully saturated rings. The van der Waals surface area contributed by atoms with E-state index in [2.05, 4.69) is 29.4 Å². The summed E-state index contributed by atoms with van der Waals surface area (Å²) in [4.78, 5) is 19.4. The number of benzene rings is 2. The molecule has 33 heavy (non-hydrogen) atoms. The zero-order valence-electron chi connectivity index (χ0n) is 19.9. The van der Waals surface area contributed by atoms with Crippen molar-refractivity contribution in [1.82, 2.24) is 4.98 Å². The van der Waals surface area contributed by atoms with E-state index in [4.69, 9.17) is 9.83 Å². The Bertz CT molecular complexity index is 1110. The molecule has 1 aromatic heterocycles. The van der Waals surface area contributed by atoms with E-state index in [0.29, 0.717) is 45.9 Å². The molecular formula is C27H34N4O2. The second-order valence-corrected chi connectivity index (χ2v) is 9.56. The largest absolute Gasteiger partial charge is 0.423 e. The molecule has 1 amide bonds. The highest BCUT2D eigenvalue weighted by Crippen LogP contribution is 2.32. The van der Waals surface area contributed by atoms with Crippen molar-refractivity contribution in [3.05, 3.63) is 53.6 Å². The molecule has 1 saturated carbocycles. The van der Waals surface area contributed by atoms with Crippen molar-refractivity contribution in [2.75, 3.05) is 23.8 Å². The third kappa shape index (κ3) is 5.81. The molecule has 1 aliphatic carbocycles. The topological polar surface area (TPSA) is 82.2 Å². The van der Waals surface area contributed by atoms with Crippen LogP contribution >= 0.6 is 0 Å². The third-order valence-corrected chi connectivity index (χ3v) is 6.45. The highest BCUT2D eigenvalue weighted by molar-refractivity contribution is 6.05. The van der Waals surface area contributed by atoms with Gasteiger partial charge in [-0.1, -0.05) is 38.3 Å². The van der Waals surface area contributed by atoms with Crippen molar-refractivity contribution >= 4 is 34.4 Å². The molecule has 1 atom stereocenters. The Hall–Kier alpha value is -3.15. The van der Waals surface area contributed by atoms with Crippen molar-refractivity contribution in [2.45, 2.75) is 58.3 Å². The van der Waals surface area contributed by atoms with Crippen molar-refractivity contribution in [1.29, 1.82) is 5.41 Å². The second kappa shape index (κ2) is 10.2. The molecule has 1 unspecified atom stereocenters. The number of carbonyl (C=O) groups is 1. The van der Waals surface area contributed by atoms with Gasteiger partial charge < -0.3 is 20.0 Å². The summed E-state index contributed by atoms with van der Waals surface area (Å²) in [6.45, 7) is 4.70. The van der Waals surface area contributed by atoms with E-state index < -0.39 is 0 Å². The number of nitrogens with zero attached hydrogens (tertiary/aromatic N) is 2. The van der Waals surface area contributed by atoms with Crippen molar-refractivity contribution < 1.29 is 9.21 Å². The molecule has 3 aromatic rings. The Balaban J connectivity index is 1.41. The van der Waals surface area contributed by atoms with Gasteiger partial charge >= 0.3 is 0 Å². The van der Waals surface area contributed by atoms with Crippen LogP contribution in [0.2, 0.25) is 0 Å². The minimum Gasteiger partial charge on any atom is -0.423 e. The van der Waals surface area contributed by atoms with Gasteiger partial charge in [-0.25, -0.2) is 0 Å². The number of hydrogen-bond donors (Lipinski definition) is 2.